The first-order valence-electron chi connectivity index (χ1n) is 5.36. The van der Waals surface area contributed by atoms with Crippen LogP contribution in [0.1, 0.15) is 17.0 Å². The van der Waals surface area contributed by atoms with Crippen LogP contribution in [0.25, 0.3) is 11.3 Å². The van der Waals surface area contributed by atoms with E-state index in [0.717, 1.165) is 5.56 Å². The summed E-state index contributed by atoms with van der Waals surface area (Å²) in [4.78, 5) is 8.33. The van der Waals surface area contributed by atoms with Crippen molar-refractivity contribution in [3.05, 3.63) is 41.0 Å². The molecule has 0 atom stereocenters. The topological polar surface area (TPSA) is 51.8 Å². The van der Waals surface area contributed by atoms with E-state index in [4.69, 9.17) is 5.73 Å². The Kier molecular flexibility index (Phi) is 2.79. The molecule has 0 saturated heterocycles. The normalized spacial score (nSPS) is 10.6. The van der Waals surface area contributed by atoms with Crippen LogP contribution in [-0.4, -0.2) is 9.97 Å². The molecule has 1 heterocycles. The van der Waals surface area contributed by atoms with Gasteiger partial charge in [-0.2, -0.15) is 0 Å². The van der Waals surface area contributed by atoms with Gasteiger partial charge in [-0.1, -0.05) is 11.6 Å². The monoisotopic (exact) mass is 231 g/mol. The zero-order valence-corrected chi connectivity index (χ0v) is 10.1. The summed E-state index contributed by atoms with van der Waals surface area (Å²) in [5.74, 6) is 0.647. The van der Waals surface area contributed by atoms with Crippen LogP contribution in [0.15, 0.2) is 18.2 Å². The van der Waals surface area contributed by atoms with E-state index in [2.05, 4.69) is 9.97 Å². The fourth-order valence-corrected chi connectivity index (χ4v) is 1.73. The lowest BCUT2D eigenvalue weighted by molar-refractivity contribution is 0.630. The first kappa shape index (κ1) is 11.5. The number of hydrogen-bond donors (Lipinski definition) is 1. The Labute approximate surface area is 99.5 Å². The first-order chi connectivity index (χ1) is 7.99. The number of halogens is 1. The molecule has 2 N–H and O–H groups in total. The average molecular weight is 231 g/mol. The molecule has 4 heteroatoms. The molecule has 1 aromatic carbocycles. The maximum absolute atomic E-state index is 13.8. The Morgan fingerprint density at radius 1 is 1.12 bits per heavy atom. The summed E-state index contributed by atoms with van der Waals surface area (Å²) in [5.41, 5.74) is 8.50. The third kappa shape index (κ3) is 2.11. The van der Waals surface area contributed by atoms with Crippen LogP contribution in [0, 0.1) is 26.6 Å². The van der Waals surface area contributed by atoms with Gasteiger partial charge in [-0.15, -0.1) is 0 Å². The van der Waals surface area contributed by atoms with Crippen molar-refractivity contribution >= 4 is 5.82 Å². The summed E-state index contributed by atoms with van der Waals surface area (Å²) < 4.78 is 13.8. The molecule has 2 rings (SSSR count). The van der Waals surface area contributed by atoms with Crippen molar-refractivity contribution in [3.8, 4) is 11.3 Å². The molecule has 2 aromatic rings. The van der Waals surface area contributed by atoms with Gasteiger partial charge in [-0.3, -0.25) is 0 Å². The lowest BCUT2D eigenvalue weighted by Gasteiger charge is -2.10. The highest BCUT2D eigenvalue weighted by Gasteiger charge is 2.13. The van der Waals surface area contributed by atoms with E-state index < -0.39 is 0 Å². The van der Waals surface area contributed by atoms with Gasteiger partial charge in [0.15, 0.2) is 0 Å². The largest absolute Gasteiger partial charge is 0.383 e. The molecule has 3 nitrogen and oxygen atoms in total. The van der Waals surface area contributed by atoms with Crippen LogP contribution in [0.5, 0.6) is 0 Å². The fraction of sp³-hybridized carbons (Fsp3) is 0.231. The predicted octanol–water partition coefficient (Wildman–Crippen LogP) is 2.79. The van der Waals surface area contributed by atoms with Crippen molar-refractivity contribution in [2.24, 2.45) is 0 Å². The van der Waals surface area contributed by atoms with Crippen LogP contribution in [0.2, 0.25) is 0 Å². The Morgan fingerprint density at radius 3 is 2.53 bits per heavy atom. The molecule has 0 amide bonds. The van der Waals surface area contributed by atoms with Gasteiger partial charge in [0.1, 0.15) is 17.5 Å². The van der Waals surface area contributed by atoms with Crippen molar-refractivity contribution in [1.29, 1.82) is 0 Å². The minimum atomic E-state index is -0.295. The van der Waals surface area contributed by atoms with E-state index in [0.29, 0.717) is 28.5 Å². The van der Waals surface area contributed by atoms with Gasteiger partial charge in [0.25, 0.3) is 0 Å². The number of hydrogen-bond acceptors (Lipinski definition) is 3. The Balaban J connectivity index is 2.72. The van der Waals surface area contributed by atoms with Crippen molar-refractivity contribution in [1.82, 2.24) is 9.97 Å². The number of rotatable bonds is 1. The summed E-state index contributed by atoms with van der Waals surface area (Å²) in [7, 11) is 0. The van der Waals surface area contributed by atoms with Gasteiger partial charge in [0, 0.05) is 11.1 Å². The van der Waals surface area contributed by atoms with E-state index in [9.17, 15) is 4.39 Å². The average Bonchev–Trinajstić information content (AvgIpc) is 2.27. The number of aryl methyl sites for hydroxylation is 2. The molecule has 0 aliphatic carbocycles. The van der Waals surface area contributed by atoms with E-state index in [1.54, 1.807) is 26.0 Å². The number of anilines is 1. The van der Waals surface area contributed by atoms with Gasteiger partial charge < -0.3 is 5.73 Å². The Hall–Kier alpha value is -1.97. The van der Waals surface area contributed by atoms with Crippen LogP contribution >= 0.6 is 0 Å². The summed E-state index contributed by atoms with van der Waals surface area (Å²) in [5, 5.41) is 0. The molecule has 17 heavy (non-hydrogen) atoms. The van der Waals surface area contributed by atoms with Gasteiger partial charge in [0.2, 0.25) is 0 Å². The molecule has 0 spiro atoms. The highest BCUT2D eigenvalue weighted by Crippen LogP contribution is 2.27. The summed E-state index contributed by atoms with van der Waals surface area (Å²) in [6, 6.07) is 4.94. The van der Waals surface area contributed by atoms with Gasteiger partial charge in [-0.25, -0.2) is 14.4 Å². The van der Waals surface area contributed by atoms with Crippen LogP contribution in [0.4, 0.5) is 10.2 Å². The maximum Gasteiger partial charge on any atom is 0.132 e. The summed E-state index contributed by atoms with van der Waals surface area (Å²) in [6.45, 7) is 5.45. The zero-order chi connectivity index (χ0) is 12.6. The molecule has 0 saturated carbocycles. The molecule has 0 radical (unpaired) electrons. The van der Waals surface area contributed by atoms with Crippen molar-refractivity contribution in [2.75, 3.05) is 5.73 Å². The van der Waals surface area contributed by atoms with Gasteiger partial charge in [0.05, 0.1) is 5.69 Å². The van der Waals surface area contributed by atoms with Crippen molar-refractivity contribution in [2.45, 2.75) is 20.8 Å². The Morgan fingerprint density at radius 2 is 1.82 bits per heavy atom. The molecule has 88 valence electrons. The minimum absolute atomic E-state index is 0.295. The number of aromatic nitrogens is 2. The summed E-state index contributed by atoms with van der Waals surface area (Å²) >= 11 is 0. The second kappa shape index (κ2) is 4.13. The van der Waals surface area contributed by atoms with E-state index in [1.807, 2.05) is 6.92 Å². The standard InChI is InChI=1S/C13H14FN3/c1-7-4-5-11(14)10(6-7)12-8(2)13(15)17-9(3)16-12/h4-6H,1-3H3,(H2,15,16,17). The Bertz CT molecular complexity index is 579. The van der Waals surface area contributed by atoms with Crippen LogP contribution in [0.3, 0.4) is 0 Å². The summed E-state index contributed by atoms with van der Waals surface area (Å²) in [6.07, 6.45) is 0. The smallest absolute Gasteiger partial charge is 0.132 e. The van der Waals surface area contributed by atoms with Crippen molar-refractivity contribution in [3.63, 3.8) is 0 Å². The SMILES string of the molecule is Cc1ccc(F)c(-c2nc(C)nc(N)c2C)c1. The molecule has 0 fully saturated rings. The molecule has 0 aliphatic heterocycles. The predicted molar refractivity (Wildman–Crippen MR) is 66.0 cm³/mol. The molecule has 0 unspecified atom stereocenters. The number of benzene rings is 1. The van der Waals surface area contributed by atoms with Gasteiger partial charge >= 0.3 is 0 Å². The van der Waals surface area contributed by atoms with E-state index in [-0.39, 0.29) is 5.82 Å². The maximum atomic E-state index is 13.8. The van der Waals surface area contributed by atoms with Gasteiger partial charge in [-0.05, 0) is 32.9 Å². The lowest BCUT2D eigenvalue weighted by Crippen LogP contribution is -2.03. The molecular weight excluding hydrogens is 217 g/mol. The van der Waals surface area contributed by atoms with E-state index in [1.165, 1.54) is 6.07 Å². The third-order valence-corrected chi connectivity index (χ3v) is 2.67. The van der Waals surface area contributed by atoms with Crippen molar-refractivity contribution < 1.29 is 4.39 Å². The highest BCUT2D eigenvalue weighted by atomic mass is 19.1. The molecule has 0 bridgehead atoms. The molecular formula is C13H14FN3. The van der Waals surface area contributed by atoms with E-state index >= 15 is 0 Å². The highest BCUT2D eigenvalue weighted by molar-refractivity contribution is 5.68. The van der Waals surface area contributed by atoms with Crippen LogP contribution in [-0.2, 0) is 0 Å². The lowest BCUT2D eigenvalue weighted by atomic mass is 10.0. The molecule has 0 aliphatic rings. The number of nitrogens with two attached hydrogens (primary N) is 1. The zero-order valence-electron chi connectivity index (χ0n) is 10.1. The number of nitrogens with zero attached hydrogens (tertiary/aromatic N) is 2. The molecule has 1 aromatic heterocycles. The second-order valence-electron chi connectivity index (χ2n) is 4.11. The van der Waals surface area contributed by atoms with Crippen LogP contribution < -0.4 is 5.73 Å². The first-order valence-corrected chi connectivity index (χ1v) is 5.36. The number of nitrogen functional groups attached to an aromatic ring is 1. The quantitative estimate of drug-likeness (QED) is 0.821. The second-order valence-corrected chi connectivity index (χ2v) is 4.11. The minimum Gasteiger partial charge on any atom is -0.383 e. The third-order valence-electron chi connectivity index (χ3n) is 2.67. The fourth-order valence-electron chi connectivity index (χ4n) is 1.73.